The Balaban J connectivity index is 1.57. The van der Waals surface area contributed by atoms with Crippen molar-refractivity contribution in [2.45, 2.75) is 0 Å². The summed E-state index contributed by atoms with van der Waals surface area (Å²) in [7, 11) is 0. The Hall–Kier alpha value is -2.71. The van der Waals surface area contributed by atoms with Crippen LogP contribution in [-0.2, 0) is 9.53 Å². The molecular weight excluding hydrogens is 418 g/mol. The molecule has 0 aliphatic carbocycles. The minimum Gasteiger partial charge on any atom is -0.452 e. The van der Waals surface area contributed by atoms with Gasteiger partial charge in [0.05, 0.1) is 11.3 Å². The van der Waals surface area contributed by atoms with Crippen molar-refractivity contribution in [3.05, 3.63) is 63.9 Å². The molecule has 0 saturated heterocycles. The highest BCUT2D eigenvalue weighted by molar-refractivity contribution is 9.10. The topological polar surface area (TPSA) is 94.3 Å². The number of anilines is 2. The summed E-state index contributed by atoms with van der Waals surface area (Å²) < 4.78 is 5.93. The van der Waals surface area contributed by atoms with E-state index in [4.69, 9.17) is 10.5 Å². The second-order valence-corrected chi connectivity index (χ2v) is 7.03. The van der Waals surface area contributed by atoms with Gasteiger partial charge in [-0.1, -0.05) is 40.2 Å². The highest BCUT2D eigenvalue weighted by Crippen LogP contribution is 2.26. The highest BCUT2D eigenvalue weighted by atomic mass is 79.9. The van der Waals surface area contributed by atoms with Gasteiger partial charge in [-0.05, 0) is 24.3 Å². The van der Waals surface area contributed by atoms with E-state index >= 15 is 0 Å². The number of benzene rings is 2. The van der Waals surface area contributed by atoms with Crippen LogP contribution >= 0.6 is 27.3 Å². The SMILES string of the molecule is Nc1ccccc1C(=O)OCC(=O)Nc1nc(-c2cccc(Br)c2)cs1. The van der Waals surface area contributed by atoms with Crippen LogP contribution in [0.5, 0.6) is 0 Å². The molecule has 0 bridgehead atoms. The molecule has 0 spiro atoms. The molecule has 3 aromatic rings. The van der Waals surface area contributed by atoms with Gasteiger partial charge in [-0.3, -0.25) is 10.1 Å². The number of ether oxygens (including phenoxy) is 1. The van der Waals surface area contributed by atoms with Gasteiger partial charge in [0.25, 0.3) is 5.91 Å². The van der Waals surface area contributed by atoms with Gasteiger partial charge in [0.2, 0.25) is 0 Å². The smallest absolute Gasteiger partial charge is 0.340 e. The lowest BCUT2D eigenvalue weighted by atomic mass is 10.2. The first-order valence-electron chi connectivity index (χ1n) is 7.56. The Bertz CT molecular complexity index is 958. The van der Waals surface area contributed by atoms with Crippen molar-refractivity contribution >= 4 is 50.0 Å². The van der Waals surface area contributed by atoms with Crippen molar-refractivity contribution in [1.29, 1.82) is 0 Å². The molecule has 1 amide bonds. The number of nitrogens with two attached hydrogens (primary N) is 1. The van der Waals surface area contributed by atoms with E-state index in [2.05, 4.69) is 26.2 Å². The normalized spacial score (nSPS) is 10.3. The first-order valence-corrected chi connectivity index (χ1v) is 9.23. The van der Waals surface area contributed by atoms with E-state index in [1.165, 1.54) is 11.3 Å². The molecule has 8 heteroatoms. The molecule has 0 aliphatic rings. The molecular formula is C18H14BrN3O3S. The summed E-state index contributed by atoms with van der Waals surface area (Å²) in [5, 5.41) is 4.89. The molecule has 0 fully saturated rings. The van der Waals surface area contributed by atoms with Crippen LogP contribution in [0.3, 0.4) is 0 Å². The number of rotatable bonds is 5. The largest absolute Gasteiger partial charge is 0.452 e. The van der Waals surface area contributed by atoms with Gasteiger partial charge >= 0.3 is 5.97 Å². The van der Waals surface area contributed by atoms with E-state index in [-0.39, 0.29) is 5.56 Å². The van der Waals surface area contributed by atoms with Gasteiger partial charge in [-0.15, -0.1) is 11.3 Å². The van der Waals surface area contributed by atoms with Crippen LogP contribution in [0.4, 0.5) is 10.8 Å². The van der Waals surface area contributed by atoms with Crippen molar-refractivity contribution in [3.8, 4) is 11.3 Å². The lowest BCUT2D eigenvalue weighted by Crippen LogP contribution is -2.21. The third kappa shape index (κ3) is 4.47. The third-order valence-electron chi connectivity index (χ3n) is 3.39. The van der Waals surface area contributed by atoms with E-state index in [0.717, 1.165) is 15.7 Å². The second-order valence-electron chi connectivity index (χ2n) is 5.26. The van der Waals surface area contributed by atoms with Gasteiger partial charge in [-0.25, -0.2) is 9.78 Å². The molecule has 26 heavy (non-hydrogen) atoms. The zero-order valence-corrected chi connectivity index (χ0v) is 15.8. The van der Waals surface area contributed by atoms with Gasteiger partial charge in [0.1, 0.15) is 0 Å². The Morgan fingerprint density at radius 1 is 1.19 bits per heavy atom. The van der Waals surface area contributed by atoms with E-state index < -0.39 is 18.5 Å². The fourth-order valence-corrected chi connectivity index (χ4v) is 3.29. The number of nitrogens with zero attached hydrogens (tertiary/aromatic N) is 1. The molecule has 2 aromatic carbocycles. The lowest BCUT2D eigenvalue weighted by molar-refractivity contribution is -0.119. The van der Waals surface area contributed by atoms with Gasteiger partial charge < -0.3 is 10.5 Å². The number of hydrogen-bond acceptors (Lipinski definition) is 6. The van der Waals surface area contributed by atoms with Crippen molar-refractivity contribution in [1.82, 2.24) is 4.98 Å². The van der Waals surface area contributed by atoms with Crippen LogP contribution < -0.4 is 11.1 Å². The van der Waals surface area contributed by atoms with Crippen molar-refractivity contribution < 1.29 is 14.3 Å². The summed E-state index contributed by atoms with van der Waals surface area (Å²) >= 11 is 4.71. The van der Waals surface area contributed by atoms with Gasteiger partial charge in [0, 0.05) is 21.1 Å². The average molecular weight is 432 g/mol. The number of halogens is 1. The predicted molar refractivity (Wildman–Crippen MR) is 105 cm³/mol. The van der Waals surface area contributed by atoms with Crippen molar-refractivity contribution in [2.24, 2.45) is 0 Å². The number of amides is 1. The monoisotopic (exact) mass is 431 g/mol. The van der Waals surface area contributed by atoms with E-state index in [1.807, 2.05) is 29.6 Å². The molecule has 3 rings (SSSR count). The fourth-order valence-electron chi connectivity index (χ4n) is 2.16. The molecule has 0 aliphatic heterocycles. The third-order valence-corrected chi connectivity index (χ3v) is 4.64. The maximum Gasteiger partial charge on any atom is 0.340 e. The van der Waals surface area contributed by atoms with Crippen LogP contribution in [-0.4, -0.2) is 23.5 Å². The summed E-state index contributed by atoms with van der Waals surface area (Å²) in [6, 6.07) is 14.2. The highest BCUT2D eigenvalue weighted by Gasteiger charge is 2.14. The summed E-state index contributed by atoms with van der Waals surface area (Å²) in [5.41, 5.74) is 7.92. The number of hydrogen-bond donors (Lipinski definition) is 2. The molecule has 0 radical (unpaired) electrons. The van der Waals surface area contributed by atoms with E-state index in [0.29, 0.717) is 10.8 Å². The average Bonchev–Trinajstić information content (AvgIpc) is 3.08. The minimum absolute atomic E-state index is 0.228. The van der Waals surface area contributed by atoms with Gasteiger partial charge in [-0.2, -0.15) is 0 Å². The van der Waals surface area contributed by atoms with Crippen molar-refractivity contribution in [2.75, 3.05) is 17.7 Å². The van der Waals surface area contributed by atoms with Crippen LogP contribution in [0, 0.1) is 0 Å². The zero-order valence-electron chi connectivity index (χ0n) is 13.4. The van der Waals surface area contributed by atoms with Crippen LogP contribution in [0.25, 0.3) is 11.3 Å². The number of aromatic nitrogens is 1. The molecule has 0 unspecified atom stereocenters. The molecule has 1 aromatic heterocycles. The van der Waals surface area contributed by atoms with Crippen LogP contribution in [0.1, 0.15) is 10.4 Å². The van der Waals surface area contributed by atoms with Gasteiger partial charge in [0.15, 0.2) is 11.7 Å². The molecule has 132 valence electrons. The number of carbonyl (C=O) groups is 2. The summed E-state index contributed by atoms with van der Waals surface area (Å²) in [5.74, 6) is -1.12. The predicted octanol–water partition coefficient (Wildman–Crippen LogP) is 3.95. The molecule has 0 saturated carbocycles. The Morgan fingerprint density at radius 3 is 2.77 bits per heavy atom. The molecule has 6 nitrogen and oxygen atoms in total. The zero-order chi connectivity index (χ0) is 18.5. The number of esters is 1. The Labute approximate surface area is 162 Å². The number of nitrogen functional groups attached to an aromatic ring is 1. The Kier molecular flexibility index (Phi) is 5.65. The van der Waals surface area contributed by atoms with E-state index in [9.17, 15) is 9.59 Å². The number of para-hydroxylation sites is 1. The number of thiazole rings is 1. The maximum absolute atomic E-state index is 12.0. The number of nitrogens with one attached hydrogen (secondary N) is 1. The molecule has 1 heterocycles. The quantitative estimate of drug-likeness (QED) is 0.470. The van der Waals surface area contributed by atoms with Crippen LogP contribution in [0.15, 0.2) is 58.4 Å². The summed E-state index contributed by atoms with van der Waals surface area (Å²) in [4.78, 5) is 28.3. The molecule has 0 atom stereocenters. The first-order chi connectivity index (χ1) is 12.5. The fraction of sp³-hybridized carbons (Fsp3) is 0.0556. The molecule has 3 N–H and O–H groups in total. The van der Waals surface area contributed by atoms with E-state index in [1.54, 1.807) is 24.3 Å². The second kappa shape index (κ2) is 8.11. The first kappa shape index (κ1) is 18.1. The summed E-state index contributed by atoms with van der Waals surface area (Å²) in [6.45, 7) is -0.418. The minimum atomic E-state index is -0.646. The standard InChI is InChI=1S/C18H14BrN3O3S/c19-12-5-3-4-11(8-12)15-10-26-18(21-15)22-16(23)9-25-17(24)13-6-1-2-7-14(13)20/h1-8,10H,9,20H2,(H,21,22,23). The summed E-state index contributed by atoms with van der Waals surface area (Å²) in [6.07, 6.45) is 0. The number of carbonyl (C=O) groups excluding carboxylic acids is 2. The van der Waals surface area contributed by atoms with Crippen LogP contribution in [0.2, 0.25) is 0 Å². The Morgan fingerprint density at radius 2 is 2.00 bits per heavy atom. The maximum atomic E-state index is 12.0. The lowest BCUT2D eigenvalue weighted by Gasteiger charge is -2.06. The van der Waals surface area contributed by atoms with Crippen molar-refractivity contribution in [3.63, 3.8) is 0 Å².